The van der Waals surface area contributed by atoms with Gasteiger partial charge in [-0.2, -0.15) is 5.10 Å². The molecule has 3 heterocycles. The summed E-state index contributed by atoms with van der Waals surface area (Å²) in [6, 6.07) is 3.59. The smallest absolute Gasteiger partial charge is 0.321 e. The second-order valence-corrected chi connectivity index (χ2v) is 10.6. The van der Waals surface area contributed by atoms with Crippen LogP contribution in [0.1, 0.15) is 70.3 Å². The summed E-state index contributed by atoms with van der Waals surface area (Å²) in [5, 5.41) is 7.58. The van der Waals surface area contributed by atoms with E-state index in [1.165, 1.54) is 20.0 Å². The molecule has 0 aromatic carbocycles. The topological polar surface area (TPSA) is 112 Å². The van der Waals surface area contributed by atoms with Crippen LogP contribution in [0.4, 0.5) is 0 Å². The number of hydrogen-bond donors (Lipinski definition) is 2. The van der Waals surface area contributed by atoms with Crippen LogP contribution in [-0.4, -0.2) is 40.1 Å². The van der Waals surface area contributed by atoms with E-state index in [2.05, 4.69) is 17.3 Å². The summed E-state index contributed by atoms with van der Waals surface area (Å²) in [7, 11) is 1.32. The van der Waals surface area contributed by atoms with Crippen molar-refractivity contribution in [3.05, 3.63) is 29.7 Å². The van der Waals surface area contributed by atoms with Gasteiger partial charge in [0.25, 0.3) is 0 Å². The van der Waals surface area contributed by atoms with E-state index in [9.17, 15) is 9.59 Å². The Morgan fingerprint density at radius 3 is 2.72 bits per heavy atom. The number of imidazole rings is 1. The van der Waals surface area contributed by atoms with Crippen molar-refractivity contribution in [3.63, 3.8) is 0 Å². The number of esters is 1. The van der Waals surface area contributed by atoms with Gasteiger partial charge in [-0.15, -0.1) is 0 Å². The molecule has 8 heteroatoms. The first-order valence-electron chi connectivity index (χ1n) is 11.6. The minimum atomic E-state index is -1.30. The molecule has 1 aliphatic carbocycles. The number of hydrogen-bond acceptors (Lipinski definition) is 6. The average molecular weight is 442 g/mol. The van der Waals surface area contributed by atoms with Gasteiger partial charge in [0.2, 0.25) is 5.91 Å². The first-order chi connectivity index (χ1) is 15.1. The lowest BCUT2D eigenvalue weighted by molar-refractivity contribution is -0.164. The molecule has 2 fully saturated rings. The molecule has 2 atom stereocenters. The zero-order valence-corrected chi connectivity index (χ0v) is 19.6. The molecule has 0 radical (unpaired) electrons. The highest BCUT2D eigenvalue weighted by Crippen LogP contribution is 2.41. The summed E-state index contributed by atoms with van der Waals surface area (Å²) in [6.07, 6.45) is 7.13. The lowest BCUT2D eigenvalue weighted by Gasteiger charge is -2.41. The van der Waals surface area contributed by atoms with Crippen LogP contribution >= 0.6 is 0 Å². The molecule has 4 rings (SSSR count). The molecular weight excluding hydrogens is 406 g/mol. The molecule has 1 aliphatic heterocycles. The minimum absolute atomic E-state index is 0.112. The van der Waals surface area contributed by atoms with Gasteiger partial charge in [0.15, 0.2) is 11.1 Å². The van der Waals surface area contributed by atoms with Crippen LogP contribution in [-0.2, 0) is 20.7 Å². The van der Waals surface area contributed by atoms with E-state index in [-0.39, 0.29) is 23.8 Å². The van der Waals surface area contributed by atoms with Crippen molar-refractivity contribution in [2.45, 2.75) is 65.3 Å². The Bertz CT molecular complexity index is 998. The van der Waals surface area contributed by atoms with E-state index < -0.39 is 11.4 Å². The van der Waals surface area contributed by atoms with Crippen molar-refractivity contribution in [1.29, 1.82) is 0 Å². The first-order valence-corrected chi connectivity index (χ1v) is 11.6. The Balaban J connectivity index is 1.60. The first kappa shape index (κ1) is 22.7. The molecule has 3 N–H and O–H groups in total. The molecule has 2 aromatic heterocycles. The maximum atomic E-state index is 12.9. The molecule has 174 valence electrons. The summed E-state index contributed by atoms with van der Waals surface area (Å²) in [6.45, 7) is 6.90. The van der Waals surface area contributed by atoms with Gasteiger partial charge in [0, 0.05) is 13.0 Å². The van der Waals surface area contributed by atoms with E-state index in [0.29, 0.717) is 30.2 Å². The third kappa shape index (κ3) is 4.25. The van der Waals surface area contributed by atoms with Crippen LogP contribution in [0.25, 0.3) is 5.65 Å². The highest BCUT2D eigenvalue weighted by molar-refractivity contribution is 6.03. The molecule has 32 heavy (non-hydrogen) atoms. The van der Waals surface area contributed by atoms with Crippen LogP contribution in [0.5, 0.6) is 0 Å². The summed E-state index contributed by atoms with van der Waals surface area (Å²) in [5.41, 5.74) is 7.25. The lowest BCUT2D eigenvalue weighted by Crippen LogP contribution is -2.57. The normalized spacial score (nSPS) is 28.8. The van der Waals surface area contributed by atoms with E-state index in [1.807, 2.05) is 32.2 Å². The largest absolute Gasteiger partial charge is 0.468 e. The molecule has 1 unspecified atom stereocenters. The predicted octanol–water partition coefficient (Wildman–Crippen LogP) is 2.80. The van der Waals surface area contributed by atoms with Crippen molar-refractivity contribution < 1.29 is 14.3 Å². The van der Waals surface area contributed by atoms with Crippen molar-refractivity contribution in [3.8, 4) is 0 Å². The molecule has 1 amide bonds. The number of methoxy groups -OCH3 is 1. The van der Waals surface area contributed by atoms with Crippen LogP contribution in [0.2, 0.25) is 0 Å². The second-order valence-electron chi connectivity index (χ2n) is 10.6. The van der Waals surface area contributed by atoms with Crippen LogP contribution in [0.3, 0.4) is 0 Å². The number of nitrogens with zero attached hydrogens (tertiary/aromatic N) is 3. The summed E-state index contributed by atoms with van der Waals surface area (Å²) < 4.78 is 6.78. The van der Waals surface area contributed by atoms with Crippen molar-refractivity contribution in [2.75, 3.05) is 13.7 Å². The minimum Gasteiger partial charge on any atom is -0.468 e. The number of amides is 1. The highest BCUT2D eigenvalue weighted by Gasteiger charge is 2.53. The van der Waals surface area contributed by atoms with Gasteiger partial charge < -0.3 is 15.8 Å². The van der Waals surface area contributed by atoms with Crippen LogP contribution in [0, 0.1) is 22.7 Å². The molecule has 2 aromatic rings. The number of piperidine rings is 1. The molecule has 8 nitrogen and oxygen atoms in total. The van der Waals surface area contributed by atoms with Gasteiger partial charge >= 0.3 is 5.97 Å². The summed E-state index contributed by atoms with van der Waals surface area (Å²) >= 11 is 0. The Kier molecular flexibility index (Phi) is 6.00. The number of carbonyl (C=O) groups excluding carboxylic acids is 2. The molecule has 0 bridgehead atoms. The quantitative estimate of drug-likeness (QED) is 0.545. The Hall–Kier alpha value is -2.48. The number of ether oxygens (including phenoxy) is 1. The molecule has 0 spiro atoms. The van der Waals surface area contributed by atoms with E-state index >= 15 is 0 Å². The van der Waals surface area contributed by atoms with Crippen LogP contribution in [0.15, 0.2) is 18.3 Å². The third-order valence-corrected chi connectivity index (χ3v) is 7.31. The van der Waals surface area contributed by atoms with E-state index in [0.717, 1.165) is 24.5 Å². The van der Waals surface area contributed by atoms with E-state index in [1.54, 1.807) is 4.52 Å². The number of carbonyl (C=O) groups is 2. The number of fused-ring (bicyclic) bond motifs is 1. The molecular formula is C24H35N5O3. The van der Waals surface area contributed by atoms with Crippen molar-refractivity contribution >= 4 is 17.5 Å². The number of rotatable bonds is 5. The molecule has 1 saturated heterocycles. The van der Waals surface area contributed by atoms with Crippen LogP contribution < -0.4 is 11.1 Å². The van der Waals surface area contributed by atoms with Crippen molar-refractivity contribution in [2.24, 2.45) is 28.4 Å². The highest BCUT2D eigenvalue weighted by atomic mass is 16.5. The fraction of sp³-hybridized carbons (Fsp3) is 0.667. The van der Waals surface area contributed by atoms with Crippen molar-refractivity contribution in [1.82, 2.24) is 19.9 Å². The zero-order chi connectivity index (χ0) is 23.1. The Labute approximate surface area is 189 Å². The molecule has 1 saturated carbocycles. The second kappa shape index (κ2) is 8.46. The fourth-order valence-corrected chi connectivity index (χ4v) is 5.41. The van der Waals surface area contributed by atoms with E-state index in [4.69, 9.17) is 15.5 Å². The average Bonchev–Trinajstić information content (AvgIpc) is 3.19. The molecule has 2 aliphatic rings. The van der Waals surface area contributed by atoms with Gasteiger partial charge in [-0.3, -0.25) is 9.59 Å². The number of nitrogens with two attached hydrogens (primary N) is 1. The SMILES string of the molecule is COC(=O)C1(Cc2ccc3nc([C@@H](N)C4CCC(C)CC4)cn3n2)CC(C)(C)CNC1=O. The Morgan fingerprint density at radius 1 is 1.31 bits per heavy atom. The number of nitrogens with one attached hydrogen (secondary N) is 1. The zero-order valence-electron chi connectivity index (χ0n) is 19.6. The monoisotopic (exact) mass is 441 g/mol. The van der Waals surface area contributed by atoms with Gasteiger partial charge in [-0.1, -0.05) is 33.6 Å². The van der Waals surface area contributed by atoms with Gasteiger partial charge in [-0.25, -0.2) is 9.50 Å². The van der Waals surface area contributed by atoms with Gasteiger partial charge in [0.05, 0.1) is 30.7 Å². The summed E-state index contributed by atoms with van der Waals surface area (Å²) in [4.78, 5) is 30.4. The predicted molar refractivity (Wildman–Crippen MR) is 121 cm³/mol. The van der Waals surface area contributed by atoms with Gasteiger partial charge in [-0.05, 0) is 48.6 Å². The fourth-order valence-electron chi connectivity index (χ4n) is 5.41. The maximum Gasteiger partial charge on any atom is 0.321 e. The summed E-state index contributed by atoms with van der Waals surface area (Å²) in [5.74, 6) is 0.383. The maximum absolute atomic E-state index is 12.9. The standard InChI is InChI=1S/C24H35N5O3/c1-15-5-7-16(8-6-15)20(25)18-12-29-19(27-18)10-9-17(28-29)11-24(22(31)32-4)13-23(2,3)14-26-21(24)30/h9-10,12,15-16,20H,5-8,11,13-14,25H2,1-4H3,(H,26,30)/t15?,16?,20-,24?/m0/s1. The Morgan fingerprint density at radius 2 is 2.03 bits per heavy atom. The third-order valence-electron chi connectivity index (χ3n) is 7.31. The lowest BCUT2D eigenvalue weighted by atomic mass is 9.67. The van der Waals surface area contributed by atoms with Gasteiger partial charge in [0.1, 0.15) is 0 Å². The number of aromatic nitrogens is 3.